The first-order valence-electron chi connectivity index (χ1n) is 11.3. The van der Waals surface area contributed by atoms with Crippen molar-refractivity contribution in [3.63, 3.8) is 0 Å². The van der Waals surface area contributed by atoms with E-state index in [-0.39, 0.29) is 26.2 Å². The second-order valence-corrected chi connectivity index (χ2v) is 12.8. The average Bonchev–Trinajstić information content (AvgIpc) is 2.80. The Labute approximate surface area is 187 Å². The van der Waals surface area contributed by atoms with Gasteiger partial charge in [0.1, 0.15) is 0 Å². The molecule has 8 nitrogen and oxygen atoms in total. The molecule has 31 heavy (non-hydrogen) atoms. The Kier molecular flexibility index (Phi) is 7.05. The monoisotopic (exact) mass is 470 g/mol. The zero-order valence-electron chi connectivity index (χ0n) is 18.3. The number of rotatable bonds is 5. The molecular weight excluding hydrogens is 436 g/mol. The summed E-state index contributed by atoms with van der Waals surface area (Å²) >= 11 is 0. The smallest absolute Gasteiger partial charge is 0.282 e. The van der Waals surface area contributed by atoms with Crippen LogP contribution in [0, 0.1) is 0 Å². The molecule has 0 bridgehead atoms. The van der Waals surface area contributed by atoms with Crippen LogP contribution in [-0.4, -0.2) is 94.1 Å². The fraction of sp³-hybridized carbons (Fsp3) is 0.714. The van der Waals surface area contributed by atoms with Crippen LogP contribution in [0.25, 0.3) is 0 Å². The van der Waals surface area contributed by atoms with Crippen LogP contribution in [-0.2, 0) is 20.2 Å². The molecule has 4 rings (SSSR count). The molecule has 0 spiro atoms. The summed E-state index contributed by atoms with van der Waals surface area (Å²) in [7, 11) is -5.18. The van der Waals surface area contributed by atoms with Crippen LogP contribution in [0.5, 0.6) is 0 Å². The lowest BCUT2D eigenvalue weighted by Gasteiger charge is -2.38. The van der Waals surface area contributed by atoms with E-state index in [9.17, 15) is 16.8 Å². The Morgan fingerprint density at radius 2 is 1.16 bits per heavy atom. The maximum absolute atomic E-state index is 13.1. The van der Waals surface area contributed by atoms with Gasteiger partial charge in [-0.1, -0.05) is 31.4 Å². The van der Waals surface area contributed by atoms with Crippen LogP contribution < -0.4 is 0 Å². The highest BCUT2D eigenvalue weighted by Gasteiger charge is 2.36. The van der Waals surface area contributed by atoms with E-state index in [1.54, 1.807) is 12.1 Å². The van der Waals surface area contributed by atoms with Crippen LogP contribution in [0.2, 0.25) is 0 Å². The molecule has 2 heterocycles. The fourth-order valence-electron chi connectivity index (χ4n) is 4.82. The van der Waals surface area contributed by atoms with Crippen molar-refractivity contribution >= 4 is 20.2 Å². The highest BCUT2D eigenvalue weighted by atomic mass is 32.2. The molecule has 1 saturated carbocycles. The minimum absolute atomic E-state index is 0.180. The van der Waals surface area contributed by atoms with E-state index in [0.717, 1.165) is 0 Å². The van der Waals surface area contributed by atoms with Crippen molar-refractivity contribution in [3.8, 4) is 0 Å². The summed E-state index contributed by atoms with van der Waals surface area (Å²) in [6.45, 7) is 3.12. The summed E-state index contributed by atoms with van der Waals surface area (Å²) in [5.41, 5.74) is 1.22. The lowest BCUT2D eigenvalue weighted by atomic mass is 9.84. The first kappa shape index (κ1) is 23.1. The Morgan fingerprint density at radius 3 is 1.71 bits per heavy atom. The lowest BCUT2D eigenvalue weighted by molar-refractivity contribution is 0.201. The van der Waals surface area contributed by atoms with E-state index in [4.69, 9.17) is 0 Å². The molecule has 10 heteroatoms. The second-order valence-electron chi connectivity index (χ2n) is 8.92. The molecule has 0 radical (unpaired) electrons. The van der Waals surface area contributed by atoms with Crippen molar-refractivity contribution in [3.05, 3.63) is 29.8 Å². The van der Waals surface area contributed by atoms with Gasteiger partial charge in [0, 0.05) is 52.4 Å². The van der Waals surface area contributed by atoms with Crippen LogP contribution in [0.3, 0.4) is 0 Å². The van der Waals surface area contributed by atoms with Crippen molar-refractivity contribution in [2.75, 3.05) is 59.4 Å². The number of sulfonamides is 1. The minimum Gasteiger partial charge on any atom is -0.304 e. The summed E-state index contributed by atoms with van der Waals surface area (Å²) in [6, 6.07) is 7.34. The first-order chi connectivity index (χ1) is 14.8. The van der Waals surface area contributed by atoms with Crippen LogP contribution in [0.15, 0.2) is 29.2 Å². The molecule has 0 unspecified atom stereocenters. The zero-order valence-corrected chi connectivity index (χ0v) is 20.0. The van der Waals surface area contributed by atoms with Gasteiger partial charge in [-0.3, -0.25) is 0 Å². The molecule has 0 atom stereocenters. The van der Waals surface area contributed by atoms with Crippen molar-refractivity contribution in [1.29, 1.82) is 0 Å². The number of hydrogen-bond acceptors (Lipinski definition) is 5. The van der Waals surface area contributed by atoms with Gasteiger partial charge in [0.15, 0.2) is 0 Å². The Morgan fingerprint density at radius 1 is 0.677 bits per heavy atom. The van der Waals surface area contributed by atoms with Gasteiger partial charge in [-0.2, -0.15) is 21.3 Å². The summed E-state index contributed by atoms with van der Waals surface area (Å²) in [5.74, 6) is 0.536. The number of hydrogen-bond donors (Lipinski definition) is 0. The SMILES string of the molecule is CN1CCN(S(=O)(=O)N2CCN(S(=O)(=O)c3ccc(C4CCCCC4)cc3)CC2)CC1. The maximum atomic E-state index is 13.1. The van der Waals surface area contributed by atoms with Gasteiger partial charge < -0.3 is 4.90 Å². The van der Waals surface area contributed by atoms with Gasteiger partial charge in [-0.15, -0.1) is 0 Å². The van der Waals surface area contributed by atoms with Crippen molar-refractivity contribution in [1.82, 2.24) is 17.8 Å². The third kappa shape index (κ3) is 4.99. The largest absolute Gasteiger partial charge is 0.304 e. The molecule has 0 aromatic heterocycles. The van der Waals surface area contributed by atoms with E-state index in [1.165, 1.54) is 50.6 Å². The molecule has 1 aromatic rings. The van der Waals surface area contributed by atoms with Crippen LogP contribution in [0.4, 0.5) is 0 Å². The highest BCUT2D eigenvalue weighted by molar-refractivity contribution is 7.89. The second kappa shape index (κ2) is 9.44. The van der Waals surface area contributed by atoms with E-state index < -0.39 is 20.2 Å². The average molecular weight is 471 g/mol. The third-order valence-corrected chi connectivity index (χ3v) is 10.9. The predicted molar refractivity (Wildman–Crippen MR) is 121 cm³/mol. The fourth-order valence-corrected chi connectivity index (χ4v) is 7.82. The van der Waals surface area contributed by atoms with Crippen LogP contribution >= 0.6 is 0 Å². The van der Waals surface area contributed by atoms with E-state index in [2.05, 4.69) is 4.90 Å². The normalized spacial score (nSPS) is 24.4. The molecule has 174 valence electrons. The van der Waals surface area contributed by atoms with Gasteiger partial charge in [0.05, 0.1) is 4.90 Å². The molecule has 0 N–H and O–H groups in total. The Hall–Kier alpha value is -1.04. The van der Waals surface area contributed by atoms with E-state index in [1.807, 2.05) is 19.2 Å². The summed E-state index contributed by atoms with van der Waals surface area (Å²) in [6.07, 6.45) is 6.13. The van der Waals surface area contributed by atoms with Crippen molar-refractivity contribution in [2.45, 2.75) is 42.9 Å². The number of likely N-dealkylation sites (N-methyl/N-ethyl adjacent to an activating group) is 1. The Bertz CT molecular complexity index is 944. The summed E-state index contributed by atoms with van der Waals surface area (Å²) in [5, 5.41) is 0. The van der Waals surface area contributed by atoms with Crippen molar-refractivity contribution in [2.24, 2.45) is 0 Å². The minimum atomic E-state index is -3.62. The van der Waals surface area contributed by atoms with Gasteiger partial charge in [0.25, 0.3) is 10.2 Å². The predicted octanol–water partition coefficient (Wildman–Crippen LogP) is 1.53. The number of piperazine rings is 2. The molecule has 1 aliphatic carbocycles. The zero-order chi connectivity index (χ0) is 22.1. The molecule has 2 saturated heterocycles. The lowest BCUT2D eigenvalue weighted by Crippen LogP contribution is -2.57. The third-order valence-electron chi connectivity index (χ3n) is 6.91. The molecule has 3 aliphatic rings. The van der Waals surface area contributed by atoms with Gasteiger partial charge >= 0.3 is 0 Å². The number of nitrogens with zero attached hydrogens (tertiary/aromatic N) is 4. The van der Waals surface area contributed by atoms with E-state index in [0.29, 0.717) is 37.0 Å². The number of benzene rings is 1. The topological polar surface area (TPSA) is 81.2 Å². The molecule has 2 aliphatic heterocycles. The van der Waals surface area contributed by atoms with E-state index >= 15 is 0 Å². The van der Waals surface area contributed by atoms with Crippen LogP contribution in [0.1, 0.15) is 43.6 Å². The molecule has 0 amide bonds. The van der Waals surface area contributed by atoms with Gasteiger partial charge in [-0.05, 0) is 43.5 Å². The maximum Gasteiger partial charge on any atom is 0.282 e. The highest BCUT2D eigenvalue weighted by Crippen LogP contribution is 2.33. The molecule has 1 aromatic carbocycles. The van der Waals surface area contributed by atoms with Gasteiger partial charge in [-0.25, -0.2) is 8.42 Å². The molecular formula is C21H34N4O4S2. The standard InChI is InChI=1S/C21H34N4O4S2/c1-22-11-13-24(14-12-22)31(28,29)25-17-15-23(16-18-25)30(26,27)21-9-7-20(8-10-21)19-5-3-2-4-6-19/h7-10,19H,2-6,11-18H2,1H3. The summed E-state index contributed by atoms with van der Waals surface area (Å²) in [4.78, 5) is 2.40. The molecule has 3 fully saturated rings. The van der Waals surface area contributed by atoms with Gasteiger partial charge in [0.2, 0.25) is 10.0 Å². The quantitative estimate of drug-likeness (QED) is 0.652. The Balaban J connectivity index is 1.38. The summed E-state index contributed by atoms with van der Waals surface area (Å²) < 4.78 is 56.4. The van der Waals surface area contributed by atoms with Crippen molar-refractivity contribution < 1.29 is 16.8 Å². The first-order valence-corrected chi connectivity index (χ1v) is 14.2.